The maximum absolute atomic E-state index is 14.5. The van der Waals surface area contributed by atoms with Crippen molar-refractivity contribution in [3.05, 3.63) is 53.4 Å². The maximum Gasteiger partial charge on any atom is 0.631 e. The standard InChI is InChI=1S/C14H7F4N2O2S.BH3O3.K/c1-7-2-4-8(5-3-7)23(21,22)20-10(15)6-9-11(16)12(17)13(18)19-14(9)20;2-1(3)4;/h2-5H,1H3;2-4H;. The number of rotatable bonds is 2. The second-order valence-corrected chi connectivity index (χ2v) is 8.92. The molecule has 2 heterocycles. The minimum Gasteiger partial charge on any atom is -0.402 e. The average molecular weight is 444 g/mol. The molecule has 0 atom stereocenters. The molecule has 0 aliphatic heterocycles. The largest absolute Gasteiger partial charge is 0.631 e. The minimum atomic E-state index is -4.49. The number of aryl methyl sites for hydroxylation is 1. The first kappa shape index (κ1) is 23.4. The summed E-state index contributed by atoms with van der Waals surface area (Å²) in [7, 11) is -6.65. The van der Waals surface area contributed by atoms with E-state index in [4.69, 9.17) is 15.1 Å². The van der Waals surface area contributed by atoms with Gasteiger partial charge in [0.25, 0.3) is 0 Å². The number of hydrogen-bond acceptors (Lipinski definition) is 6. The van der Waals surface area contributed by atoms with Gasteiger partial charge < -0.3 is 15.1 Å². The molecule has 7 nitrogen and oxygen atoms in total. The van der Waals surface area contributed by atoms with Crippen LogP contribution in [0.3, 0.4) is 0 Å². The van der Waals surface area contributed by atoms with Crippen molar-refractivity contribution in [3.63, 3.8) is 0 Å². The van der Waals surface area contributed by atoms with Crippen molar-refractivity contribution >= 4 is 77.0 Å². The van der Waals surface area contributed by atoms with Gasteiger partial charge in [-0.05, 0) is 0 Å². The summed E-state index contributed by atoms with van der Waals surface area (Å²) < 4.78 is 80.4. The van der Waals surface area contributed by atoms with Crippen molar-refractivity contribution in [1.29, 1.82) is 0 Å². The molecule has 0 fully saturated rings. The molecule has 0 saturated heterocycles. The Morgan fingerprint density at radius 2 is 1.54 bits per heavy atom. The first-order chi connectivity index (χ1) is 12.9. The van der Waals surface area contributed by atoms with Crippen LogP contribution in [0.15, 0.2) is 29.2 Å². The van der Waals surface area contributed by atoms with Crippen molar-refractivity contribution in [1.82, 2.24) is 8.96 Å². The fourth-order valence-corrected chi connectivity index (χ4v) is 5.05. The molecule has 14 heteroatoms. The van der Waals surface area contributed by atoms with Gasteiger partial charge >= 0.3 is 177 Å². The first-order valence-corrected chi connectivity index (χ1v) is 10.5. The van der Waals surface area contributed by atoms with Crippen LogP contribution in [-0.4, -0.2) is 88.7 Å². The van der Waals surface area contributed by atoms with Crippen LogP contribution >= 0.6 is 0 Å². The molecule has 0 aliphatic carbocycles. The quantitative estimate of drug-likeness (QED) is 0.289. The van der Waals surface area contributed by atoms with Crippen LogP contribution in [0, 0.1) is 30.5 Å². The third-order valence-electron chi connectivity index (χ3n) is 3.64. The predicted octanol–water partition coefficient (Wildman–Crippen LogP) is -0.120. The number of pyridine rings is 1. The summed E-state index contributed by atoms with van der Waals surface area (Å²) in [6.45, 7) is 1.73. The van der Waals surface area contributed by atoms with E-state index in [1.165, 1.54) is 24.3 Å². The fourth-order valence-electron chi connectivity index (χ4n) is 2.36. The second-order valence-electron chi connectivity index (χ2n) is 5.57. The number of fused-ring (bicyclic) bond motifs is 1. The Bertz CT molecular complexity index is 1140. The fraction of sp³-hybridized carbons (Fsp3) is 0.0714. The molecule has 3 N–H and O–H groups in total. The van der Waals surface area contributed by atoms with Crippen LogP contribution in [0.25, 0.3) is 11.0 Å². The van der Waals surface area contributed by atoms with Gasteiger partial charge in [0.15, 0.2) is 0 Å². The smallest absolute Gasteiger partial charge is 0.402 e. The summed E-state index contributed by atoms with van der Waals surface area (Å²) in [5.41, 5.74) is -0.0251. The molecule has 2 aromatic heterocycles. The van der Waals surface area contributed by atoms with Gasteiger partial charge in [0.05, 0.1) is 0 Å². The number of halogens is 4. The van der Waals surface area contributed by atoms with E-state index in [-0.39, 0.29) is 8.53 Å². The van der Waals surface area contributed by atoms with Crippen molar-refractivity contribution in [2.75, 3.05) is 0 Å². The summed E-state index contributed by atoms with van der Waals surface area (Å²) in [4.78, 5) is 2.84. The molecule has 144 valence electrons. The van der Waals surface area contributed by atoms with E-state index in [2.05, 4.69) is 4.98 Å². The number of hydrogen-bond donors (Lipinski definition) is 3. The Hall–Kier alpha value is -0.839. The Kier molecular flexibility index (Phi) is 7.44. The normalized spacial score (nSPS) is 11.4. The average Bonchev–Trinajstić information content (AvgIpc) is 2.84. The van der Waals surface area contributed by atoms with Gasteiger partial charge in [-0.25, -0.2) is 0 Å². The summed E-state index contributed by atoms with van der Waals surface area (Å²) in [6, 6.07) is 5.47. The molecule has 0 saturated carbocycles. The SMILES string of the molecule is Cc1ccc(S(=O)(=O)n2c(F)[c]([K])c3c(F)c(F)c(F)nc32)cc1.OB(O)O. The van der Waals surface area contributed by atoms with Crippen LogP contribution in [0.2, 0.25) is 0 Å². The van der Waals surface area contributed by atoms with Crippen LogP contribution in [0.4, 0.5) is 17.6 Å². The molecular weight excluding hydrogens is 434 g/mol. The van der Waals surface area contributed by atoms with E-state index in [1.54, 1.807) is 6.92 Å². The van der Waals surface area contributed by atoms with Crippen molar-refractivity contribution in [2.24, 2.45) is 0 Å². The molecule has 3 aromatic rings. The Morgan fingerprint density at radius 3 is 2.04 bits per heavy atom. The van der Waals surface area contributed by atoms with E-state index in [0.29, 0.717) is 0 Å². The van der Waals surface area contributed by atoms with E-state index in [0.717, 1.165) is 5.56 Å². The van der Waals surface area contributed by atoms with Crippen molar-refractivity contribution in [2.45, 2.75) is 11.8 Å². The maximum atomic E-state index is 14.5. The molecule has 1 aromatic carbocycles. The summed E-state index contributed by atoms with van der Waals surface area (Å²) in [6.07, 6.45) is 0. The Balaban J connectivity index is 0.000000640. The zero-order valence-corrected chi connectivity index (χ0v) is 18.3. The van der Waals surface area contributed by atoms with Crippen molar-refractivity contribution < 1.29 is 41.1 Å². The van der Waals surface area contributed by atoms with Gasteiger partial charge in [0.2, 0.25) is 0 Å². The summed E-state index contributed by atoms with van der Waals surface area (Å²) >= 11 is -0.545. The molecular formula is C14H10BF4KN2O5S. The van der Waals surface area contributed by atoms with Crippen LogP contribution < -0.4 is -0.342 Å². The third-order valence-corrected chi connectivity index (χ3v) is 6.74. The van der Waals surface area contributed by atoms with Crippen LogP contribution in [-0.2, 0) is 10.0 Å². The molecule has 0 aliphatic rings. The molecule has 0 unspecified atom stereocenters. The van der Waals surface area contributed by atoms with E-state index in [1.807, 2.05) is 0 Å². The molecule has 3 rings (SSSR count). The van der Waals surface area contributed by atoms with Crippen LogP contribution in [0.1, 0.15) is 5.56 Å². The van der Waals surface area contributed by atoms with Crippen molar-refractivity contribution in [3.8, 4) is 0 Å². The summed E-state index contributed by atoms with van der Waals surface area (Å²) in [5, 5.41) is 20.9. The number of benzene rings is 1. The van der Waals surface area contributed by atoms with E-state index in [9.17, 15) is 26.0 Å². The van der Waals surface area contributed by atoms with E-state index < -0.39 is 101 Å². The number of aromatic nitrogens is 2. The topological polar surface area (TPSA) is 113 Å². The van der Waals surface area contributed by atoms with Crippen LogP contribution in [0.5, 0.6) is 0 Å². The predicted molar refractivity (Wildman–Crippen MR) is 91.1 cm³/mol. The number of nitrogens with zero attached hydrogens (tertiary/aromatic N) is 2. The first-order valence-electron chi connectivity index (χ1n) is 7.47. The monoisotopic (exact) mass is 444 g/mol. The molecule has 28 heavy (non-hydrogen) atoms. The van der Waals surface area contributed by atoms with Gasteiger partial charge in [0.1, 0.15) is 0 Å². The van der Waals surface area contributed by atoms with Gasteiger partial charge in [-0.1, -0.05) is 0 Å². The van der Waals surface area contributed by atoms with Gasteiger partial charge in [-0.15, -0.1) is 0 Å². The minimum absolute atomic E-state index is 0.124. The molecule has 0 bridgehead atoms. The zero-order valence-electron chi connectivity index (χ0n) is 14.4. The Labute approximate surface area is 190 Å². The van der Waals surface area contributed by atoms with Gasteiger partial charge in [-0.3, -0.25) is 0 Å². The zero-order chi connectivity index (χ0) is 21.4. The second kappa shape index (κ2) is 8.89. The third kappa shape index (κ3) is 4.50. The molecule has 0 amide bonds. The summed E-state index contributed by atoms with van der Waals surface area (Å²) in [5.74, 6) is -6.61. The van der Waals surface area contributed by atoms with Gasteiger partial charge in [0, 0.05) is 0 Å². The van der Waals surface area contributed by atoms with Gasteiger partial charge in [-0.2, -0.15) is 0 Å². The molecule has 0 radical (unpaired) electrons. The Morgan fingerprint density at radius 1 is 1.04 bits per heavy atom. The molecule has 0 spiro atoms. The van der Waals surface area contributed by atoms with E-state index >= 15 is 0 Å².